The Morgan fingerprint density at radius 3 is 2.40 bits per heavy atom. The van der Waals surface area contributed by atoms with Gasteiger partial charge in [-0.15, -0.1) is 0 Å². The van der Waals surface area contributed by atoms with Crippen LogP contribution >= 0.6 is 0 Å². The highest BCUT2D eigenvalue weighted by Gasteiger charge is 2.18. The molecular weight excluding hydrogens is 402 g/mol. The zero-order valence-corrected chi connectivity index (χ0v) is 18.4. The van der Waals surface area contributed by atoms with Crippen LogP contribution in [0.15, 0.2) is 41.6 Å². The summed E-state index contributed by atoms with van der Waals surface area (Å²) in [7, 11) is -3.66. The van der Waals surface area contributed by atoms with Gasteiger partial charge >= 0.3 is 0 Å². The van der Waals surface area contributed by atoms with Gasteiger partial charge in [-0.1, -0.05) is 17.7 Å². The first-order valence-electron chi connectivity index (χ1n) is 9.73. The molecule has 30 heavy (non-hydrogen) atoms. The molecule has 0 fully saturated rings. The van der Waals surface area contributed by atoms with Gasteiger partial charge in [0.2, 0.25) is 5.95 Å². The first-order valence-corrected chi connectivity index (χ1v) is 11.2. The highest BCUT2D eigenvalue weighted by molar-refractivity contribution is 7.89. The van der Waals surface area contributed by atoms with Gasteiger partial charge in [-0.25, -0.2) is 23.1 Å². The van der Waals surface area contributed by atoms with Crippen molar-refractivity contribution in [2.45, 2.75) is 39.3 Å². The van der Waals surface area contributed by atoms with E-state index in [-0.39, 0.29) is 11.6 Å². The van der Waals surface area contributed by atoms with Crippen LogP contribution in [0.2, 0.25) is 0 Å². The van der Waals surface area contributed by atoms with Crippen molar-refractivity contribution in [2.75, 3.05) is 23.7 Å². The molecule has 3 rings (SSSR count). The van der Waals surface area contributed by atoms with Gasteiger partial charge in [-0.05, 0) is 39.8 Å². The van der Waals surface area contributed by atoms with Gasteiger partial charge in [0.25, 0.3) is 10.0 Å². The van der Waals surface area contributed by atoms with E-state index in [9.17, 15) is 8.42 Å². The van der Waals surface area contributed by atoms with Crippen LogP contribution in [0, 0.1) is 20.8 Å². The number of aromatic nitrogens is 4. The molecule has 2 heterocycles. The number of hydrogen-bond acceptors (Lipinski definition) is 7. The fraction of sp³-hybridized carbons (Fsp3) is 0.350. The minimum Gasteiger partial charge on any atom is -0.353 e. The summed E-state index contributed by atoms with van der Waals surface area (Å²) in [6.45, 7) is 8.80. The number of imidazole rings is 1. The summed E-state index contributed by atoms with van der Waals surface area (Å²) in [5.41, 5.74) is 2.91. The van der Waals surface area contributed by atoms with E-state index in [0.29, 0.717) is 30.7 Å². The number of nitrogens with zero attached hydrogens (tertiary/aromatic N) is 4. The van der Waals surface area contributed by atoms with Crippen molar-refractivity contribution in [3.63, 3.8) is 0 Å². The first kappa shape index (κ1) is 21.7. The van der Waals surface area contributed by atoms with Crippen LogP contribution < -0.4 is 15.4 Å². The van der Waals surface area contributed by atoms with Gasteiger partial charge in [0.05, 0.1) is 0 Å². The number of rotatable bonds is 9. The smallest absolute Gasteiger partial charge is 0.259 e. The third-order valence-corrected chi connectivity index (χ3v) is 5.78. The largest absolute Gasteiger partial charge is 0.353 e. The third kappa shape index (κ3) is 5.55. The van der Waals surface area contributed by atoms with Crippen molar-refractivity contribution >= 4 is 27.5 Å². The lowest BCUT2D eigenvalue weighted by Crippen LogP contribution is -2.29. The first-order chi connectivity index (χ1) is 14.3. The van der Waals surface area contributed by atoms with Gasteiger partial charge in [0.15, 0.2) is 5.03 Å². The van der Waals surface area contributed by atoms with Gasteiger partial charge in [-0.3, -0.25) is 0 Å². The molecule has 0 spiro atoms. The quantitative estimate of drug-likeness (QED) is 0.448. The van der Waals surface area contributed by atoms with Crippen LogP contribution in [0.4, 0.5) is 17.5 Å². The number of nitrogens with one attached hydrogen (secondary N) is 3. The van der Waals surface area contributed by atoms with E-state index in [0.717, 1.165) is 11.4 Å². The van der Waals surface area contributed by atoms with E-state index < -0.39 is 10.0 Å². The molecular formula is C20H27N7O2S. The number of hydrogen-bond donors (Lipinski definition) is 3. The average molecular weight is 430 g/mol. The predicted molar refractivity (Wildman–Crippen MR) is 118 cm³/mol. The van der Waals surface area contributed by atoms with Crippen molar-refractivity contribution in [1.82, 2.24) is 24.2 Å². The maximum Gasteiger partial charge on any atom is 0.259 e. The van der Waals surface area contributed by atoms with E-state index >= 15 is 0 Å². The molecule has 0 saturated carbocycles. The molecule has 10 heteroatoms. The molecule has 160 valence electrons. The number of benzene rings is 1. The SMILES string of the molecule is CCn1cc(S(=O)(=O)NCCNc2nc(C)cc(Nc3ccc(C)cc3)n2)nc1C. The molecule has 2 aromatic heterocycles. The molecule has 0 saturated heterocycles. The van der Waals surface area contributed by atoms with Gasteiger partial charge < -0.3 is 15.2 Å². The van der Waals surface area contributed by atoms with Crippen molar-refractivity contribution in [3.8, 4) is 0 Å². The molecule has 0 aliphatic carbocycles. The normalized spacial score (nSPS) is 11.5. The van der Waals surface area contributed by atoms with Crippen molar-refractivity contribution in [1.29, 1.82) is 0 Å². The topological polar surface area (TPSA) is 114 Å². The molecule has 3 aromatic rings. The third-order valence-electron chi connectivity index (χ3n) is 4.45. The predicted octanol–water partition coefficient (Wildman–Crippen LogP) is 2.75. The van der Waals surface area contributed by atoms with Crippen molar-refractivity contribution in [3.05, 3.63) is 53.6 Å². The number of sulfonamides is 1. The Kier molecular flexibility index (Phi) is 6.68. The zero-order valence-electron chi connectivity index (χ0n) is 17.6. The lowest BCUT2D eigenvalue weighted by Gasteiger charge is -2.10. The summed E-state index contributed by atoms with van der Waals surface area (Å²) in [5.74, 6) is 1.75. The van der Waals surface area contributed by atoms with Crippen LogP contribution in [0.1, 0.15) is 24.0 Å². The summed E-state index contributed by atoms with van der Waals surface area (Å²) in [6, 6.07) is 9.85. The molecule has 0 aliphatic heterocycles. The van der Waals surface area contributed by atoms with Crippen molar-refractivity contribution < 1.29 is 8.42 Å². The number of anilines is 3. The molecule has 0 bridgehead atoms. The van der Waals surface area contributed by atoms with E-state index in [4.69, 9.17) is 0 Å². The van der Waals surface area contributed by atoms with Gasteiger partial charge in [-0.2, -0.15) is 4.98 Å². The van der Waals surface area contributed by atoms with E-state index in [1.54, 1.807) is 11.5 Å². The number of aryl methyl sites for hydroxylation is 4. The Bertz CT molecular complexity index is 1110. The molecule has 0 amide bonds. The lowest BCUT2D eigenvalue weighted by molar-refractivity contribution is 0.579. The lowest BCUT2D eigenvalue weighted by atomic mass is 10.2. The molecule has 0 aliphatic rings. The van der Waals surface area contributed by atoms with Gasteiger partial charge in [0.1, 0.15) is 11.6 Å². The van der Waals surface area contributed by atoms with Crippen LogP contribution in [-0.2, 0) is 16.6 Å². The van der Waals surface area contributed by atoms with E-state index in [2.05, 4.69) is 30.3 Å². The zero-order chi connectivity index (χ0) is 21.7. The maximum atomic E-state index is 12.4. The summed E-state index contributed by atoms with van der Waals surface area (Å²) >= 11 is 0. The highest BCUT2D eigenvalue weighted by Crippen LogP contribution is 2.17. The summed E-state index contributed by atoms with van der Waals surface area (Å²) < 4.78 is 29.1. The minimum absolute atomic E-state index is 0.0261. The fourth-order valence-corrected chi connectivity index (χ4v) is 3.90. The summed E-state index contributed by atoms with van der Waals surface area (Å²) in [4.78, 5) is 12.9. The minimum atomic E-state index is -3.66. The van der Waals surface area contributed by atoms with Crippen LogP contribution in [0.25, 0.3) is 0 Å². The highest BCUT2D eigenvalue weighted by atomic mass is 32.2. The van der Waals surface area contributed by atoms with E-state index in [1.165, 1.54) is 11.8 Å². The Morgan fingerprint density at radius 1 is 1.00 bits per heavy atom. The Morgan fingerprint density at radius 2 is 1.73 bits per heavy atom. The molecule has 1 aromatic carbocycles. The maximum absolute atomic E-state index is 12.4. The van der Waals surface area contributed by atoms with Crippen LogP contribution in [0.5, 0.6) is 0 Å². The van der Waals surface area contributed by atoms with Crippen LogP contribution in [0.3, 0.4) is 0 Å². The Labute approximate surface area is 177 Å². The van der Waals surface area contributed by atoms with Gasteiger partial charge in [0, 0.05) is 43.3 Å². The molecule has 0 radical (unpaired) electrons. The second kappa shape index (κ2) is 9.23. The average Bonchev–Trinajstić information content (AvgIpc) is 3.08. The van der Waals surface area contributed by atoms with E-state index in [1.807, 2.05) is 51.1 Å². The second-order valence-corrected chi connectivity index (χ2v) is 8.66. The molecule has 0 atom stereocenters. The second-order valence-electron chi connectivity index (χ2n) is 6.95. The monoisotopic (exact) mass is 429 g/mol. The summed E-state index contributed by atoms with van der Waals surface area (Å²) in [5, 5.41) is 6.33. The molecule has 9 nitrogen and oxygen atoms in total. The fourth-order valence-electron chi connectivity index (χ4n) is 2.86. The molecule has 3 N–H and O–H groups in total. The van der Waals surface area contributed by atoms with Crippen molar-refractivity contribution in [2.24, 2.45) is 0 Å². The Balaban J connectivity index is 1.57. The van der Waals surface area contributed by atoms with Crippen LogP contribution in [-0.4, -0.2) is 41.0 Å². The summed E-state index contributed by atoms with van der Waals surface area (Å²) in [6.07, 6.45) is 1.54. The molecule has 0 unspecified atom stereocenters. The Hall–Kier alpha value is -2.98. The standard InChI is InChI=1S/C20H27N7O2S/c1-5-27-13-19(24-16(27)4)30(28,29)22-11-10-21-20-23-15(3)12-18(26-20)25-17-8-6-14(2)7-9-17/h6-9,12-13,22H,5,10-11H2,1-4H3,(H2,21,23,25,26).